The Morgan fingerprint density at radius 1 is 1.16 bits per heavy atom. The predicted octanol–water partition coefficient (Wildman–Crippen LogP) is 3.52. The third-order valence-electron chi connectivity index (χ3n) is 6.87. The summed E-state index contributed by atoms with van der Waals surface area (Å²) in [7, 11) is 3.23. The quantitative estimate of drug-likeness (QED) is 0.367. The number of nitrogens with zero attached hydrogens (tertiary/aromatic N) is 5. The maximum atomic E-state index is 13.8. The SMILES string of the molecule is Cc1c[nH]c2ncnc(N3CCC(Cc4ncc[nH]4)(C(=O)Nc4cccc(OC(=O)N(C)C)c4)CC3)c12. The maximum Gasteiger partial charge on any atom is 0.414 e. The Bertz CT molecular complexity index is 1400. The van der Waals surface area contributed by atoms with E-state index in [4.69, 9.17) is 4.74 Å². The Morgan fingerprint density at radius 2 is 1.97 bits per heavy atom. The summed E-state index contributed by atoms with van der Waals surface area (Å²) in [4.78, 5) is 49.0. The number of rotatable bonds is 6. The van der Waals surface area contributed by atoms with Crippen LogP contribution in [0.25, 0.3) is 11.0 Å². The largest absolute Gasteiger partial charge is 0.414 e. The van der Waals surface area contributed by atoms with E-state index < -0.39 is 11.5 Å². The number of hydrogen-bond donors (Lipinski definition) is 3. The van der Waals surface area contributed by atoms with Gasteiger partial charge in [0, 0.05) is 63.9 Å². The van der Waals surface area contributed by atoms with Crippen molar-refractivity contribution in [3.8, 4) is 5.75 Å². The predicted molar refractivity (Wildman–Crippen MR) is 140 cm³/mol. The Morgan fingerprint density at radius 3 is 2.70 bits per heavy atom. The number of benzene rings is 1. The summed E-state index contributed by atoms with van der Waals surface area (Å²) in [5.41, 5.74) is 1.79. The van der Waals surface area contributed by atoms with Crippen LogP contribution in [0, 0.1) is 12.3 Å². The number of aryl methyl sites for hydroxylation is 1. The molecule has 1 aromatic carbocycles. The van der Waals surface area contributed by atoms with Gasteiger partial charge in [-0.05, 0) is 37.5 Å². The maximum absolute atomic E-state index is 13.8. The van der Waals surface area contributed by atoms with Crippen LogP contribution in [0.3, 0.4) is 0 Å². The lowest BCUT2D eigenvalue weighted by molar-refractivity contribution is -0.126. The van der Waals surface area contributed by atoms with E-state index in [0.717, 1.165) is 28.2 Å². The van der Waals surface area contributed by atoms with Crippen LogP contribution in [0.4, 0.5) is 16.3 Å². The van der Waals surface area contributed by atoms with Crippen molar-refractivity contribution >= 4 is 34.5 Å². The van der Waals surface area contributed by atoms with E-state index >= 15 is 0 Å². The normalized spacial score (nSPS) is 14.9. The number of aromatic amines is 2. The third kappa shape index (κ3) is 4.97. The molecule has 0 saturated carbocycles. The van der Waals surface area contributed by atoms with Crippen LogP contribution >= 0.6 is 0 Å². The molecular formula is C26H30N8O3. The van der Waals surface area contributed by atoms with Crippen LogP contribution in [0.5, 0.6) is 5.75 Å². The van der Waals surface area contributed by atoms with Gasteiger partial charge in [-0.15, -0.1) is 0 Å². The molecule has 0 radical (unpaired) electrons. The van der Waals surface area contributed by atoms with Crippen molar-refractivity contribution in [2.75, 3.05) is 37.4 Å². The van der Waals surface area contributed by atoms with Gasteiger partial charge in [0.05, 0.1) is 10.8 Å². The summed E-state index contributed by atoms with van der Waals surface area (Å²) in [5.74, 6) is 1.92. The molecule has 3 N–H and O–H groups in total. The highest BCUT2D eigenvalue weighted by atomic mass is 16.6. The van der Waals surface area contributed by atoms with E-state index in [2.05, 4.69) is 35.1 Å². The number of H-pyrrole nitrogens is 2. The van der Waals surface area contributed by atoms with Gasteiger partial charge in [0.1, 0.15) is 29.4 Å². The minimum Gasteiger partial charge on any atom is -0.410 e. The number of amides is 2. The molecule has 4 heterocycles. The molecule has 11 nitrogen and oxygen atoms in total. The van der Waals surface area contributed by atoms with Gasteiger partial charge in [0.2, 0.25) is 5.91 Å². The van der Waals surface area contributed by atoms with Crippen LogP contribution < -0.4 is 15.0 Å². The third-order valence-corrected chi connectivity index (χ3v) is 6.87. The van der Waals surface area contributed by atoms with Gasteiger partial charge in [-0.1, -0.05) is 6.07 Å². The van der Waals surface area contributed by atoms with Gasteiger partial charge in [-0.2, -0.15) is 0 Å². The molecule has 11 heteroatoms. The molecule has 0 bridgehead atoms. The topological polar surface area (TPSA) is 132 Å². The lowest BCUT2D eigenvalue weighted by Crippen LogP contribution is -2.48. The number of carbonyl (C=O) groups excluding carboxylic acids is 2. The highest BCUT2D eigenvalue weighted by Gasteiger charge is 2.43. The van der Waals surface area contributed by atoms with Crippen LogP contribution in [0.1, 0.15) is 24.2 Å². The van der Waals surface area contributed by atoms with Crippen molar-refractivity contribution in [2.24, 2.45) is 5.41 Å². The first-order valence-electron chi connectivity index (χ1n) is 12.2. The second-order valence-corrected chi connectivity index (χ2v) is 9.62. The van der Waals surface area contributed by atoms with Crippen molar-refractivity contribution in [3.05, 3.63) is 60.6 Å². The molecule has 3 aromatic heterocycles. The number of fused-ring (bicyclic) bond motifs is 1. The number of aromatic nitrogens is 5. The molecule has 192 valence electrons. The second kappa shape index (κ2) is 9.92. The van der Waals surface area contributed by atoms with Crippen molar-refractivity contribution in [1.29, 1.82) is 0 Å². The average molecular weight is 503 g/mol. The van der Waals surface area contributed by atoms with Crippen LogP contribution in [-0.4, -0.2) is 69.0 Å². The van der Waals surface area contributed by atoms with Crippen molar-refractivity contribution in [2.45, 2.75) is 26.2 Å². The molecule has 1 aliphatic rings. The fraction of sp³-hybridized carbons (Fsp3) is 0.346. The summed E-state index contributed by atoms with van der Waals surface area (Å²) in [6.45, 7) is 3.35. The summed E-state index contributed by atoms with van der Waals surface area (Å²) in [6, 6.07) is 6.86. The van der Waals surface area contributed by atoms with Crippen molar-refractivity contribution < 1.29 is 14.3 Å². The molecule has 37 heavy (non-hydrogen) atoms. The lowest BCUT2D eigenvalue weighted by atomic mass is 9.74. The number of carbonyl (C=O) groups is 2. The second-order valence-electron chi connectivity index (χ2n) is 9.62. The fourth-order valence-electron chi connectivity index (χ4n) is 4.78. The summed E-state index contributed by atoms with van der Waals surface area (Å²) in [6.07, 6.45) is 8.20. The van der Waals surface area contributed by atoms with Crippen LogP contribution in [-0.2, 0) is 11.2 Å². The van der Waals surface area contributed by atoms with Crippen LogP contribution in [0.2, 0.25) is 0 Å². The van der Waals surface area contributed by atoms with E-state index in [1.54, 1.807) is 57.1 Å². The van der Waals surface area contributed by atoms with Gasteiger partial charge >= 0.3 is 6.09 Å². The molecule has 2 amide bonds. The number of anilines is 2. The van der Waals surface area contributed by atoms with E-state index in [1.165, 1.54) is 4.90 Å². The van der Waals surface area contributed by atoms with E-state index in [-0.39, 0.29) is 5.91 Å². The molecule has 1 fully saturated rings. The Balaban J connectivity index is 1.37. The van der Waals surface area contributed by atoms with E-state index in [0.29, 0.717) is 43.8 Å². The van der Waals surface area contributed by atoms with Gasteiger partial charge in [0.15, 0.2) is 0 Å². The summed E-state index contributed by atoms with van der Waals surface area (Å²) in [5, 5.41) is 4.07. The molecule has 0 atom stereocenters. The highest BCUT2D eigenvalue weighted by Crippen LogP contribution is 2.39. The minimum absolute atomic E-state index is 0.0923. The number of ether oxygens (including phenoxy) is 1. The smallest absolute Gasteiger partial charge is 0.410 e. The minimum atomic E-state index is -0.677. The molecule has 1 saturated heterocycles. The highest BCUT2D eigenvalue weighted by molar-refractivity contribution is 5.96. The lowest BCUT2D eigenvalue weighted by Gasteiger charge is -2.41. The summed E-state index contributed by atoms with van der Waals surface area (Å²) >= 11 is 0. The van der Waals surface area contributed by atoms with Gasteiger partial charge in [0.25, 0.3) is 0 Å². The number of hydrogen-bond acceptors (Lipinski definition) is 7. The zero-order chi connectivity index (χ0) is 26.0. The number of imidazole rings is 1. The van der Waals surface area contributed by atoms with Crippen molar-refractivity contribution in [3.63, 3.8) is 0 Å². The molecule has 4 aromatic rings. The van der Waals surface area contributed by atoms with E-state index in [9.17, 15) is 9.59 Å². The zero-order valence-electron chi connectivity index (χ0n) is 21.1. The zero-order valence-corrected chi connectivity index (χ0v) is 21.1. The molecule has 0 spiro atoms. The first-order valence-corrected chi connectivity index (χ1v) is 12.2. The fourth-order valence-corrected chi connectivity index (χ4v) is 4.78. The molecule has 1 aliphatic heterocycles. The van der Waals surface area contributed by atoms with Gasteiger partial charge < -0.3 is 29.8 Å². The Hall–Kier alpha value is -4.41. The standard InChI is InChI=1S/C26H30N8O3/c1-17-15-29-22-21(17)23(31-16-30-22)34-11-7-26(8-12-34,14-20-27-9-10-28-20)24(35)32-18-5-4-6-19(13-18)37-25(36)33(2)3/h4-6,9-10,13,15-16H,7-8,11-12,14H2,1-3H3,(H,27,28)(H,32,35)(H,29,30,31). The number of piperidine rings is 1. The average Bonchev–Trinajstić information content (AvgIpc) is 3.54. The Kier molecular flexibility index (Phi) is 6.51. The first-order chi connectivity index (χ1) is 17.8. The molecular weight excluding hydrogens is 472 g/mol. The number of nitrogens with one attached hydrogen (secondary N) is 3. The summed E-state index contributed by atoms with van der Waals surface area (Å²) < 4.78 is 5.35. The molecule has 0 aliphatic carbocycles. The van der Waals surface area contributed by atoms with E-state index in [1.807, 2.05) is 13.1 Å². The Labute approximate surface area is 214 Å². The van der Waals surface area contributed by atoms with Crippen LogP contribution in [0.15, 0.2) is 49.2 Å². The molecule has 0 unspecified atom stereocenters. The first kappa shape index (κ1) is 24.3. The monoisotopic (exact) mass is 502 g/mol. The van der Waals surface area contributed by atoms with Gasteiger partial charge in [-0.25, -0.2) is 19.7 Å². The van der Waals surface area contributed by atoms with Gasteiger partial charge in [-0.3, -0.25) is 4.79 Å². The van der Waals surface area contributed by atoms with Crippen molar-refractivity contribution in [1.82, 2.24) is 29.8 Å². The molecule has 5 rings (SSSR count).